The molecule has 0 atom stereocenters. The van der Waals surface area contributed by atoms with Crippen molar-refractivity contribution in [3.05, 3.63) is 94.5 Å². The molecule has 14 heteroatoms. The highest BCUT2D eigenvalue weighted by molar-refractivity contribution is 6.31. The molecule has 0 aliphatic carbocycles. The maximum Gasteiger partial charge on any atom is 0.420 e. The summed E-state index contributed by atoms with van der Waals surface area (Å²) in [6, 6.07) is 11.1. The van der Waals surface area contributed by atoms with Gasteiger partial charge in [0.2, 0.25) is 0 Å². The standard InChI is InChI=1S/C27H16ClF9N2O2/c28-21-5-1-13(9-18(21)25(29,30)31)17-12-16(40-23-6-2-14(38)10-19(23)26(32,33)34)4-8-22(17)41-24-7-3-15(39)11-20(24)27(35,36)37/h1-12H,38-39H2. The van der Waals surface area contributed by atoms with Crippen molar-refractivity contribution in [3.8, 4) is 34.1 Å². The average molecular weight is 607 g/mol. The van der Waals surface area contributed by atoms with E-state index in [1.54, 1.807) is 0 Å². The van der Waals surface area contributed by atoms with E-state index in [2.05, 4.69) is 0 Å². The summed E-state index contributed by atoms with van der Waals surface area (Å²) in [6.45, 7) is 0. The van der Waals surface area contributed by atoms with Gasteiger partial charge in [-0.15, -0.1) is 0 Å². The summed E-state index contributed by atoms with van der Waals surface area (Å²) in [5.74, 6) is -2.10. The second-order valence-electron chi connectivity index (χ2n) is 8.56. The number of anilines is 2. The molecule has 0 bridgehead atoms. The second-order valence-corrected chi connectivity index (χ2v) is 8.97. The van der Waals surface area contributed by atoms with Crippen molar-refractivity contribution in [2.45, 2.75) is 18.5 Å². The molecule has 4 aromatic rings. The maximum absolute atomic E-state index is 13.7. The summed E-state index contributed by atoms with van der Waals surface area (Å²) in [7, 11) is 0. The van der Waals surface area contributed by atoms with Crippen LogP contribution >= 0.6 is 11.6 Å². The third-order valence-electron chi connectivity index (χ3n) is 5.60. The first kappa shape index (κ1) is 29.7. The summed E-state index contributed by atoms with van der Waals surface area (Å²) in [4.78, 5) is 0. The van der Waals surface area contributed by atoms with E-state index in [1.807, 2.05) is 0 Å². The van der Waals surface area contributed by atoms with Crippen molar-refractivity contribution in [1.82, 2.24) is 0 Å². The average Bonchev–Trinajstić information content (AvgIpc) is 2.85. The van der Waals surface area contributed by atoms with E-state index < -0.39 is 51.7 Å². The number of hydrogen-bond donors (Lipinski definition) is 2. The number of benzene rings is 4. The minimum atomic E-state index is -4.92. The van der Waals surface area contributed by atoms with E-state index in [0.717, 1.165) is 54.6 Å². The number of nitrogen functional groups attached to an aromatic ring is 2. The van der Waals surface area contributed by atoms with Crippen molar-refractivity contribution < 1.29 is 49.0 Å². The van der Waals surface area contributed by atoms with Gasteiger partial charge >= 0.3 is 18.5 Å². The molecule has 0 saturated carbocycles. The van der Waals surface area contributed by atoms with Crippen molar-refractivity contribution >= 4 is 23.0 Å². The Hall–Kier alpha value is -4.26. The molecule has 0 fully saturated rings. The van der Waals surface area contributed by atoms with Gasteiger partial charge in [0.1, 0.15) is 34.1 Å². The molecule has 0 saturated heterocycles. The molecule has 0 unspecified atom stereocenters. The van der Waals surface area contributed by atoms with Gasteiger partial charge in [-0.3, -0.25) is 0 Å². The molecule has 41 heavy (non-hydrogen) atoms. The first-order chi connectivity index (χ1) is 18.9. The molecule has 4 nitrogen and oxygen atoms in total. The Morgan fingerprint density at radius 3 is 1.51 bits per heavy atom. The summed E-state index contributed by atoms with van der Waals surface area (Å²) in [5, 5.41) is -0.661. The number of nitrogens with two attached hydrogens (primary N) is 2. The predicted molar refractivity (Wildman–Crippen MR) is 134 cm³/mol. The Kier molecular flexibility index (Phi) is 7.69. The van der Waals surface area contributed by atoms with Gasteiger partial charge in [0, 0.05) is 16.9 Å². The summed E-state index contributed by atoms with van der Waals surface area (Å²) >= 11 is 5.71. The lowest BCUT2D eigenvalue weighted by Gasteiger charge is -2.19. The highest BCUT2D eigenvalue weighted by Crippen LogP contribution is 2.45. The molecule has 0 heterocycles. The van der Waals surface area contributed by atoms with Crippen LogP contribution in [0.25, 0.3) is 11.1 Å². The van der Waals surface area contributed by atoms with Crippen LogP contribution in [0.3, 0.4) is 0 Å². The van der Waals surface area contributed by atoms with Crippen LogP contribution in [0.2, 0.25) is 5.02 Å². The largest absolute Gasteiger partial charge is 0.457 e. The Balaban J connectivity index is 1.88. The molecule has 0 amide bonds. The fourth-order valence-electron chi connectivity index (χ4n) is 3.76. The third kappa shape index (κ3) is 6.73. The lowest BCUT2D eigenvalue weighted by molar-refractivity contribution is -0.139. The first-order valence-electron chi connectivity index (χ1n) is 11.2. The van der Waals surface area contributed by atoms with Gasteiger partial charge in [-0.25, -0.2) is 0 Å². The number of rotatable bonds is 5. The molecule has 0 radical (unpaired) electrons. The Morgan fingerprint density at radius 2 is 1.00 bits per heavy atom. The molecule has 4 N–H and O–H groups in total. The van der Waals surface area contributed by atoms with Crippen LogP contribution in [0.4, 0.5) is 50.9 Å². The number of alkyl halides is 9. The van der Waals surface area contributed by atoms with Gasteiger partial charge in [-0.05, 0) is 72.3 Å². The molecule has 4 aromatic carbocycles. The molecule has 4 rings (SSSR count). The zero-order valence-corrected chi connectivity index (χ0v) is 20.9. The predicted octanol–water partition coefficient (Wildman–Crippen LogP) is 9.81. The normalized spacial score (nSPS) is 12.3. The zero-order chi connectivity index (χ0) is 30.3. The number of ether oxygens (including phenoxy) is 2. The molecule has 0 aliphatic heterocycles. The van der Waals surface area contributed by atoms with E-state index in [1.165, 1.54) is 0 Å². The highest BCUT2D eigenvalue weighted by atomic mass is 35.5. The van der Waals surface area contributed by atoms with Crippen molar-refractivity contribution in [1.29, 1.82) is 0 Å². The quantitative estimate of drug-likeness (QED) is 0.175. The SMILES string of the molecule is Nc1ccc(Oc2ccc(Oc3ccc(N)cc3C(F)(F)F)c(-c3ccc(Cl)c(C(F)(F)F)c3)c2)c(C(F)(F)F)c1. The second kappa shape index (κ2) is 10.6. The Bertz CT molecular complexity index is 1600. The smallest absolute Gasteiger partial charge is 0.420 e. The van der Waals surface area contributed by atoms with E-state index >= 15 is 0 Å². The molecular weight excluding hydrogens is 591 g/mol. The fourth-order valence-corrected chi connectivity index (χ4v) is 3.98. The van der Waals surface area contributed by atoms with Crippen molar-refractivity contribution in [2.24, 2.45) is 0 Å². The summed E-state index contributed by atoms with van der Waals surface area (Å²) < 4.78 is 133. The van der Waals surface area contributed by atoms with Crippen LogP contribution in [-0.4, -0.2) is 0 Å². The van der Waals surface area contributed by atoms with Crippen LogP contribution in [0.1, 0.15) is 16.7 Å². The molecule has 0 aromatic heterocycles. The van der Waals surface area contributed by atoms with Crippen LogP contribution in [0.5, 0.6) is 23.0 Å². The van der Waals surface area contributed by atoms with Crippen LogP contribution in [0.15, 0.2) is 72.8 Å². The monoisotopic (exact) mass is 606 g/mol. The van der Waals surface area contributed by atoms with E-state index in [4.69, 9.17) is 32.5 Å². The van der Waals surface area contributed by atoms with Crippen LogP contribution in [0, 0.1) is 0 Å². The summed E-state index contributed by atoms with van der Waals surface area (Å²) in [6.07, 6.45) is -14.7. The minimum Gasteiger partial charge on any atom is -0.457 e. The molecule has 0 spiro atoms. The Morgan fingerprint density at radius 1 is 0.512 bits per heavy atom. The number of hydrogen-bond acceptors (Lipinski definition) is 4. The van der Waals surface area contributed by atoms with Crippen LogP contribution in [-0.2, 0) is 18.5 Å². The minimum absolute atomic E-state index is 0.209. The highest BCUT2D eigenvalue weighted by Gasteiger charge is 2.37. The maximum atomic E-state index is 13.7. The first-order valence-corrected chi connectivity index (χ1v) is 11.6. The zero-order valence-electron chi connectivity index (χ0n) is 20.2. The number of halogens is 10. The van der Waals surface area contributed by atoms with E-state index in [0.29, 0.717) is 18.2 Å². The van der Waals surface area contributed by atoms with Crippen molar-refractivity contribution in [2.75, 3.05) is 11.5 Å². The Labute approximate surface area is 230 Å². The van der Waals surface area contributed by atoms with Gasteiger partial charge < -0.3 is 20.9 Å². The van der Waals surface area contributed by atoms with Gasteiger partial charge in [0.15, 0.2) is 0 Å². The van der Waals surface area contributed by atoms with Crippen LogP contribution < -0.4 is 20.9 Å². The van der Waals surface area contributed by atoms with E-state index in [-0.39, 0.29) is 34.0 Å². The third-order valence-corrected chi connectivity index (χ3v) is 5.93. The van der Waals surface area contributed by atoms with E-state index in [9.17, 15) is 39.5 Å². The lowest BCUT2D eigenvalue weighted by Crippen LogP contribution is -2.09. The van der Waals surface area contributed by atoms with Gasteiger partial charge in [0.05, 0.1) is 10.6 Å². The molecule has 0 aliphatic rings. The van der Waals surface area contributed by atoms with Gasteiger partial charge in [-0.1, -0.05) is 17.7 Å². The van der Waals surface area contributed by atoms with Crippen molar-refractivity contribution in [3.63, 3.8) is 0 Å². The van der Waals surface area contributed by atoms with Gasteiger partial charge in [0.25, 0.3) is 0 Å². The lowest BCUT2D eigenvalue weighted by atomic mass is 10.0. The molecule has 216 valence electrons. The topological polar surface area (TPSA) is 70.5 Å². The molecular formula is C27H16ClF9N2O2. The van der Waals surface area contributed by atoms with Gasteiger partial charge in [-0.2, -0.15) is 39.5 Å². The summed E-state index contributed by atoms with van der Waals surface area (Å²) in [5.41, 5.74) is 6.24. The fraction of sp³-hybridized carbons (Fsp3) is 0.111.